The Hall–Kier alpha value is -10.9. The minimum Gasteiger partial charge on any atom is -0.311 e. The molecule has 0 amide bonds. The van der Waals surface area contributed by atoms with Crippen molar-refractivity contribution in [1.29, 1.82) is 0 Å². The smallest absolute Gasteiger partial charge is 0.252 e. The van der Waals surface area contributed by atoms with E-state index < -0.39 is 0 Å². The van der Waals surface area contributed by atoms with Crippen molar-refractivity contribution in [2.45, 2.75) is 186 Å². The van der Waals surface area contributed by atoms with E-state index in [9.17, 15) is 0 Å². The summed E-state index contributed by atoms with van der Waals surface area (Å²) < 4.78 is 5.17. The highest BCUT2D eigenvalue weighted by Gasteiger charge is 2.46. The quantitative estimate of drug-likeness (QED) is 0.120. The van der Waals surface area contributed by atoms with Crippen LogP contribution in [-0.4, -0.2) is 15.8 Å². The fourth-order valence-corrected chi connectivity index (χ4v) is 18.5. The number of hydrogen-bond acceptors (Lipinski definition) is 2. The third kappa shape index (κ3) is 13.9. The van der Waals surface area contributed by atoms with Crippen molar-refractivity contribution >= 4 is 101 Å². The first-order chi connectivity index (χ1) is 53.9. The molecular weight excluding hydrogens is 1380 g/mol. The van der Waals surface area contributed by atoms with Gasteiger partial charge in [-0.25, -0.2) is 0 Å². The molecule has 114 heavy (non-hydrogen) atoms. The molecule has 13 aromatic carbocycles. The maximum absolute atomic E-state index is 2.76. The topological polar surface area (TPSA) is 16.3 Å². The molecule has 0 bridgehead atoms. The summed E-state index contributed by atoms with van der Waals surface area (Å²) in [5.74, 6) is 0. The van der Waals surface area contributed by atoms with E-state index in [0.29, 0.717) is 0 Å². The summed E-state index contributed by atoms with van der Waals surface area (Å²) in [4.78, 5) is 5.51. The summed E-state index contributed by atoms with van der Waals surface area (Å²) in [7, 11) is 0. The Bertz CT molecular complexity index is 5760. The molecule has 2 aliphatic heterocycles. The van der Waals surface area contributed by atoms with Crippen LogP contribution in [0.4, 0.5) is 34.1 Å². The molecule has 0 radical (unpaired) electrons. The third-order valence-electron chi connectivity index (χ3n) is 24.0. The summed E-state index contributed by atoms with van der Waals surface area (Å²) in [6.45, 7) is 49.5. The molecule has 15 aromatic rings. The SMILES string of the molecule is CC(C)(C)Cc1cc2c3c(c1)N(c1cc(-c4ccccc4)c(CC(C)(C)C)cc1-c1ccccc1)c1cc(-n4c5ccc(C(C)(C)C)cc5c5cc(C(C)(C)C)ccc54)ccc1B3c1ccc(-n3c4ccc(C(C)(C)C)cc4c4cc(C(C)(C)C)ccc43)cc1N2c1cc(-c2ccccc2)c(CC(C)(C)C)cc1-c1ccccc1. The Morgan fingerprint density at radius 1 is 0.246 bits per heavy atom. The van der Waals surface area contributed by atoms with E-state index in [-0.39, 0.29) is 44.6 Å². The molecule has 572 valence electrons. The van der Waals surface area contributed by atoms with Crippen LogP contribution in [0.15, 0.2) is 267 Å². The molecule has 0 saturated carbocycles. The van der Waals surface area contributed by atoms with Crippen LogP contribution in [0.5, 0.6) is 0 Å². The second-order valence-electron chi connectivity index (χ2n) is 41.0. The van der Waals surface area contributed by atoms with E-state index in [1.165, 1.54) is 155 Å². The average molecular weight is 1490 g/mol. The van der Waals surface area contributed by atoms with Gasteiger partial charge in [0.15, 0.2) is 0 Å². The zero-order valence-electron chi connectivity index (χ0n) is 71.4. The van der Waals surface area contributed by atoms with Crippen LogP contribution in [0.3, 0.4) is 0 Å². The van der Waals surface area contributed by atoms with Gasteiger partial charge in [-0.05, 0) is 255 Å². The lowest BCUT2D eigenvalue weighted by atomic mass is 9.33. The maximum Gasteiger partial charge on any atom is 0.252 e. The number of aromatic nitrogens is 2. The second kappa shape index (κ2) is 27.4. The van der Waals surface area contributed by atoms with Gasteiger partial charge in [-0.3, -0.25) is 0 Å². The van der Waals surface area contributed by atoms with Crippen molar-refractivity contribution in [1.82, 2.24) is 9.13 Å². The number of benzene rings is 13. The lowest BCUT2D eigenvalue weighted by molar-refractivity contribution is 0.411. The average Bonchev–Trinajstić information content (AvgIpc) is 0.724. The van der Waals surface area contributed by atoms with Crippen LogP contribution in [0.25, 0.3) is 99.5 Å². The molecule has 5 heteroatoms. The third-order valence-corrected chi connectivity index (χ3v) is 24.0. The van der Waals surface area contributed by atoms with Gasteiger partial charge in [0.1, 0.15) is 0 Å². The van der Waals surface area contributed by atoms with E-state index in [1.54, 1.807) is 0 Å². The molecule has 2 aliphatic rings. The molecule has 0 N–H and O–H groups in total. The predicted octanol–water partition coefficient (Wildman–Crippen LogP) is 28.6. The molecule has 0 fully saturated rings. The lowest BCUT2D eigenvalue weighted by Crippen LogP contribution is -2.61. The summed E-state index contributed by atoms with van der Waals surface area (Å²) in [5.41, 5.74) is 36.3. The van der Waals surface area contributed by atoms with Crippen LogP contribution in [0, 0.1) is 16.2 Å². The maximum atomic E-state index is 2.76. The normalized spacial score (nSPS) is 13.5. The molecule has 0 aliphatic carbocycles. The van der Waals surface area contributed by atoms with Crippen molar-refractivity contribution in [3.63, 3.8) is 0 Å². The van der Waals surface area contributed by atoms with Gasteiger partial charge in [-0.15, -0.1) is 0 Å². The van der Waals surface area contributed by atoms with Gasteiger partial charge in [0.2, 0.25) is 0 Å². The van der Waals surface area contributed by atoms with E-state index in [1.807, 2.05) is 0 Å². The van der Waals surface area contributed by atoms with Gasteiger partial charge in [-0.1, -0.05) is 303 Å². The monoisotopic (exact) mass is 1490 g/mol. The highest BCUT2D eigenvalue weighted by molar-refractivity contribution is 7.00. The van der Waals surface area contributed by atoms with Gasteiger partial charge >= 0.3 is 0 Å². The minimum atomic E-state index is -0.231. The van der Waals surface area contributed by atoms with Gasteiger partial charge < -0.3 is 18.9 Å². The van der Waals surface area contributed by atoms with Crippen molar-refractivity contribution in [2.24, 2.45) is 16.2 Å². The van der Waals surface area contributed by atoms with Crippen LogP contribution >= 0.6 is 0 Å². The molecule has 2 aromatic heterocycles. The molecule has 0 atom stereocenters. The zero-order valence-corrected chi connectivity index (χ0v) is 71.4. The largest absolute Gasteiger partial charge is 0.311 e. The molecule has 17 rings (SSSR count). The molecule has 0 unspecified atom stereocenters. The highest BCUT2D eigenvalue weighted by atomic mass is 15.2. The van der Waals surface area contributed by atoms with Crippen LogP contribution < -0.4 is 26.2 Å². The van der Waals surface area contributed by atoms with Crippen LogP contribution in [0.1, 0.15) is 184 Å². The Balaban J connectivity index is 1.05. The van der Waals surface area contributed by atoms with Crippen molar-refractivity contribution in [3.05, 3.63) is 306 Å². The fraction of sp³-hybridized carbons (Fsp3) is 0.284. The number of nitrogens with zero attached hydrogens (tertiary/aromatic N) is 4. The highest BCUT2D eigenvalue weighted by Crippen LogP contribution is 2.54. The van der Waals surface area contributed by atoms with E-state index in [0.717, 1.165) is 53.4 Å². The first-order valence-corrected chi connectivity index (χ1v) is 41.7. The van der Waals surface area contributed by atoms with Crippen LogP contribution in [-0.2, 0) is 40.9 Å². The molecular formula is C109H113BN4. The van der Waals surface area contributed by atoms with Gasteiger partial charge in [0.05, 0.1) is 33.4 Å². The first kappa shape index (κ1) is 75.8. The number of fused-ring (bicyclic) bond motifs is 10. The van der Waals surface area contributed by atoms with Crippen molar-refractivity contribution in [3.8, 4) is 55.9 Å². The minimum absolute atomic E-state index is 0.0173. The van der Waals surface area contributed by atoms with Gasteiger partial charge in [0.25, 0.3) is 6.71 Å². The zero-order chi connectivity index (χ0) is 80.3. The summed E-state index contributed by atoms with van der Waals surface area (Å²) in [6.07, 6.45) is 2.61. The molecule has 0 saturated heterocycles. The summed E-state index contributed by atoms with van der Waals surface area (Å²) >= 11 is 0. The summed E-state index contributed by atoms with van der Waals surface area (Å²) in [6, 6.07) is 105. The van der Waals surface area contributed by atoms with Gasteiger partial charge in [0, 0.05) is 66.8 Å². The Morgan fingerprint density at radius 3 is 0.816 bits per heavy atom. The van der Waals surface area contributed by atoms with Crippen molar-refractivity contribution < 1.29 is 0 Å². The van der Waals surface area contributed by atoms with E-state index in [4.69, 9.17) is 0 Å². The number of hydrogen-bond donors (Lipinski definition) is 0. The van der Waals surface area contributed by atoms with Gasteiger partial charge in [-0.2, -0.15) is 0 Å². The fourth-order valence-electron chi connectivity index (χ4n) is 18.5. The Labute approximate surface area is 679 Å². The van der Waals surface area contributed by atoms with Crippen molar-refractivity contribution in [2.75, 3.05) is 9.80 Å². The summed E-state index contributed by atoms with van der Waals surface area (Å²) in [5, 5.41) is 5.09. The number of rotatable bonds is 11. The Kier molecular flexibility index (Phi) is 18.2. The lowest BCUT2D eigenvalue weighted by Gasteiger charge is -2.46. The molecule has 4 nitrogen and oxygen atoms in total. The Morgan fingerprint density at radius 2 is 0.535 bits per heavy atom. The number of anilines is 6. The van der Waals surface area contributed by atoms with E-state index in [2.05, 4.69) is 431 Å². The van der Waals surface area contributed by atoms with E-state index >= 15 is 0 Å². The standard InChI is InChI=1S/C109H113BN4/c1-103(2,3)66-69-54-100-102-101(55-69)114(97-65-83(71-36-28-23-29-37-71)75(68-105(7,8)9)57-85(97)73-40-32-25-33-41-73)99-63-81(112-94-52-44-78(108(16,17)18)60-88(94)89-61-79(109(19,20)21)45-53-95(89)112)47-49-91(99)110(102)90-48-46-80(111-92-50-42-76(106(10,11)12)58-86(92)87-59-77(107(13,14)15)43-51-93(87)111)62-98(90)113(100)96-64-82(70-34-26-22-27-35-70)74(67-104(4,5)6)56-84(96)72-38-30-24-31-39-72/h22-65H,66-68H2,1-21H3. The predicted molar refractivity (Wildman–Crippen MR) is 495 cm³/mol. The molecule has 4 heterocycles. The second-order valence-corrected chi connectivity index (χ2v) is 41.0. The van der Waals surface area contributed by atoms with Crippen LogP contribution in [0.2, 0.25) is 0 Å². The first-order valence-electron chi connectivity index (χ1n) is 41.7. The molecule has 0 spiro atoms.